The summed E-state index contributed by atoms with van der Waals surface area (Å²) in [4.78, 5) is 11.3. The Labute approximate surface area is 120 Å². The minimum Gasteiger partial charge on any atom is -0.357 e. The van der Waals surface area contributed by atoms with E-state index in [1.54, 1.807) is 6.20 Å². The molecule has 0 fully saturated rings. The molecule has 0 unspecified atom stereocenters. The van der Waals surface area contributed by atoms with Crippen LogP contribution in [0.2, 0.25) is 0 Å². The molecule has 2 heterocycles. The lowest BCUT2D eigenvalue weighted by molar-refractivity contribution is 0.485. The highest BCUT2D eigenvalue weighted by Crippen LogP contribution is 2.25. The standard InChI is InChI=1S/C14H24N6/c1-5-10(6-2)9-20(7-3)13-11-8-16-19-12(11)17-14(15-4)18-13/h8,10H,5-7,9H2,1-4H3,(H2,15,16,17,18,19). The van der Waals surface area contributed by atoms with Gasteiger partial charge in [0, 0.05) is 20.1 Å². The molecule has 2 aromatic heterocycles. The van der Waals surface area contributed by atoms with Gasteiger partial charge in [-0.05, 0) is 12.8 Å². The van der Waals surface area contributed by atoms with Crippen LogP contribution in [0.4, 0.5) is 11.8 Å². The van der Waals surface area contributed by atoms with Gasteiger partial charge in [0.05, 0.1) is 11.6 Å². The summed E-state index contributed by atoms with van der Waals surface area (Å²) < 4.78 is 0. The first-order valence-corrected chi connectivity index (χ1v) is 7.37. The predicted octanol–water partition coefficient (Wildman–Crippen LogP) is 2.66. The number of hydrogen-bond acceptors (Lipinski definition) is 5. The van der Waals surface area contributed by atoms with Crippen LogP contribution in [0.5, 0.6) is 0 Å². The fraction of sp³-hybridized carbons (Fsp3) is 0.643. The number of anilines is 2. The maximum Gasteiger partial charge on any atom is 0.226 e. The Morgan fingerprint density at radius 1 is 1.25 bits per heavy atom. The lowest BCUT2D eigenvalue weighted by Crippen LogP contribution is -2.30. The van der Waals surface area contributed by atoms with Crippen molar-refractivity contribution in [1.29, 1.82) is 0 Å². The normalized spacial score (nSPS) is 11.2. The van der Waals surface area contributed by atoms with E-state index in [4.69, 9.17) is 0 Å². The summed E-state index contributed by atoms with van der Waals surface area (Å²) in [5.41, 5.74) is 0.780. The second-order valence-electron chi connectivity index (χ2n) is 4.97. The number of rotatable bonds is 7. The van der Waals surface area contributed by atoms with Gasteiger partial charge < -0.3 is 10.2 Å². The van der Waals surface area contributed by atoms with Gasteiger partial charge in [-0.25, -0.2) is 0 Å². The van der Waals surface area contributed by atoms with Crippen LogP contribution < -0.4 is 10.2 Å². The number of nitrogens with zero attached hydrogens (tertiary/aromatic N) is 4. The summed E-state index contributed by atoms with van der Waals surface area (Å²) in [6, 6.07) is 0. The van der Waals surface area contributed by atoms with Gasteiger partial charge in [-0.2, -0.15) is 15.1 Å². The maximum atomic E-state index is 4.63. The van der Waals surface area contributed by atoms with Crippen molar-refractivity contribution in [2.45, 2.75) is 33.6 Å². The second-order valence-corrected chi connectivity index (χ2v) is 4.97. The molecule has 2 N–H and O–H groups in total. The average Bonchev–Trinajstić information content (AvgIpc) is 2.96. The monoisotopic (exact) mass is 276 g/mol. The van der Waals surface area contributed by atoms with Gasteiger partial charge in [0.1, 0.15) is 5.82 Å². The third kappa shape index (κ3) is 2.84. The molecule has 0 radical (unpaired) electrons. The maximum absolute atomic E-state index is 4.63. The van der Waals surface area contributed by atoms with Crippen molar-refractivity contribution >= 4 is 22.8 Å². The van der Waals surface area contributed by atoms with Gasteiger partial charge in [-0.15, -0.1) is 0 Å². The topological polar surface area (TPSA) is 69.7 Å². The van der Waals surface area contributed by atoms with E-state index in [-0.39, 0.29) is 0 Å². The number of H-pyrrole nitrogens is 1. The number of aromatic nitrogens is 4. The van der Waals surface area contributed by atoms with E-state index < -0.39 is 0 Å². The minimum atomic E-state index is 0.625. The summed E-state index contributed by atoms with van der Waals surface area (Å²) in [5, 5.41) is 11.0. The second kappa shape index (κ2) is 6.54. The summed E-state index contributed by atoms with van der Waals surface area (Å²) in [5.74, 6) is 2.27. The fourth-order valence-corrected chi connectivity index (χ4v) is 2.40. The lowest BCUT2D eigenvalue weighted by Gasteiger charge is -2.27. The quantitative estimate of drug-likeness (QED) is 0.813. The largest absolute Gasteiger partial charge is 0.357 e. The Bertz CT molecular complexity index is 546. The Hall–Kier alpha value is -1.85. The molecule has 2 aromatic rings. The van der Waals surface area contributed by atoms with Crippen molar-refractivity contribution in [2.24, 2.45) is 5.92 Å². The molecule has 0 aromatic carbocycles. The smallest absolute Gasteiger partial charge is 0.226 e. The lowest BCUT2D eigenvalue weighted by atomic mass is 10.0. The van der Waals surface area contributed by atoms with Gasteiger partial charge >= 0.3 is 0 Å². The van der Waals surface area contributed by atoms with E-state index in [0.717, 1.165) is 29.9 Å². The number of hydrogen-bond donors (Lipinski definition) is 2. The highest BCUT2D eigenvalue weighted by atomic mass is 15.3. The SMILES string of the molecule is CCC(CC)CN(CC)c1nc(NC)nc2[nH]ncc12. The molecule has 6 nitrogen and oxygen atoms in total. The van der Waals surface area contributed by atoms with E-state index in [0.29, 0.717) is 11.9 Å². The van der Waals surface area contributed by atoms with Gasteiger partial charge in [0.2, 0.25) is 5.95 Å². The molecular formula is C14H24N6. The van der Waals surface area contributed by atoms with Crippen LogP contribution in [-0.4, -0.2) is 40.3 Å². The summed E-state index contributed by atoms with van der Waals surface area (Å²) in [6.45, 7) is 8.60. The van der Waals surface area contributed by atoms with Gasteiger partial charge in [0.25, 0.3) is 0 Å². The zero-order chi connectivity index (χ0) is 14.5. The molecule has 0 aliphatic heterocycles. The molecule has 0 saturated heterocycles. The van der Waals surface area contributed by atoms with Gasteiger partial charge in [-0.3, -0.25) is 5.10 Å². The number of aromatic amines is 1. The van der Waals surface area contributed by atoms with Crippen LogP contribution in [0.3, 0.4) is 0 Å². The molecule has 0 aliphatic rings. The van der Waals surface area contributed by atoms with E-state index >= 15 is 0 Å². The van der Waals surface area contributed by atoms with Crippen LogP contribution in [0.15, 0.2) is 6.20 Å². The van der Waals surface area contributed by atoms with Crippen molar-refractivity contribution < 1.29 is 0 Å². The van der Waals surface area contributed by atoms with E-state index in [1.807, 2.05) is 7.05 Å². The Kier molecular flexibility index (Phi) is 4.76. The molecule has 2 rings (SSSR count). The molecule has 0 spiro atoms. The van der Waals surface area contributed by atoms with Crippen molar-refractivity contribution in [1.82, 2.24) is 20.2 Å². The molecule has 20 heavy (non-hydrogen) atoms. The van der Waals surface area contributed by atoms with Crippen LogP contribution >= 0.6 is 0 Å². The van der Waals surface area contributed by atoms with E-state index in [1.165, 1.54) is 12.8 Å². The van der Waals surface area contributed by atoms with Crippen LogP contribution in [0, 0.1) is 5.92 Å². The molecule has 0 amide bonds. The van der Waals surface area contributed by atoms with Crippen LogP contribution in [0.25, 0.3) is 11.0 Å². The zero-order valence-corrected chi connectivity index (χ0v) is 12.8. The van der Waals surface area contributed by atoms with Crippen LogP contribution in [0.1, 0.15) is 33.6 Å². The highest BCUT2D eigenvalue weighted by Gasteiger charge is 2.17. The van der Waals surface area contributed by atoms with Crippen molar-refractivity contribution in [2.75, 3.05) is 30.4 Å². The third-order valence-corrected chi connectivity index (χ3v) is 3.83. The molecule has 110 valence electrons. The van der Waals surface area contributed by atoms with E-state index in [9.17, 15) is 0 Å². The van der Waals surface area contributed by atoms with Gasteiger partial charge in [0.15, 0.2) is 5.65 Å². The minimum absolute atomic E-state index is 0.625. The third-order valence-electron chi connectivity index (χ3n) is 3.83. The van der Waals surface area contributed by atoms with Crippen LogP contribution in [-0.2, 0) is 0 Å². The Morgan fingerprint density at radius 3 is 2.60 bits per heavy atom. The molecule has 6 heteroatoms. The van der Waals surface area contributed by atoms with Gasteiger partial charge in [-0.1, -0.05) is 26.7 Å². The summed E-state index contributed by atoms with van der Waals surface area (Å²) >= 11 is 0. The first-order valence-electron chi connectivity index (χ1n) is 7.37. The van der Waals surface area contributed by atoms with Crippen molar-refractivity contribution in [3.8, 4) is 0 Å². The first-order chi connectivity index (χ1) is 9.73. The fourth-order valence-electron chi connectivity index (χ4n) is 2.40. The number of nitrogens with one attached hydrogen (secondary N) is 2. The Morgan fingerprint density at radius 2 is 2.00 bits per heavy atom. The molecule has 0 atom stereocenters. The molecular weight excluding hydrogens is 252 g/mol. The predicted molar refractivity (Wildman–Crippen MR) is 83.2 cm³/mol. The zero-order valence-electron chi connectivity index (χ0n) is 12.8. The van der Waals surface area contributed by atoms with E-state index in [2.05, 4.69) is 51.2 Å². The Balaban J connectivity index is 2.39. The van der Waals surface area contributed by atoms with Crippen molar-refractivity contribution in [3.63, 3.8) is 0 Å². The first kappa shape index (κ1) is 14.6. The molecule has 0 saturated carbocycles. The average molecular weight is 276 g/mol. The number of fused-ring (bicyclic) bond motifs is 1. The summed E-state index contributed by atoms with van der Waals surface area (Å²) in [6.07, 6.45) is 4.18. The summed E-state index contributed by atoms with van der Waals surface area (Å²) in [7, 11) is 1.83. The highest BCUT2D eigenvalue weighted by molar-refractivity contribution is 5.87. The molecule has 0 aliphatic carbocycles. The molecule has 0 bridgehead atoms. The van der Waals surface area contributed by atoms with Crippen molar-refractivity contribution in [3.05, 3.63) is 6.20 Å².